The molecular weight excluding hydrogens is 338 g/mol. The Morgan fingerprint density at radius 2 is 1.88 bits per heavy atom. The summed E-state index contributed by atoms with van der Waals surface area (Å²) in [5, 5.41) is 11.8. The summed E-state index contributed by atoms with van der Waals surface area (Å²) in [6.45, 7) is 1.91. The van der Waals surface area contributed by atoms with Crippen LogP contribution in [0.25, 0.3) is 0 Å². The van der Waals surface area contributed by atoms with Crippen LogP contribution >= 0.6 is 0 Å². The molecule has 2 rings (SSSR count). The molecule has 2 aromatic carbocycles. The maximum Gasteiger partial charge on any atom is 0.335 e. The van der Waals surface area contributed by atoms with Crippen molar-refractivity contribution in [1.82, 2.24) is 0 Å². The van der Waals surface area contributed by atoms with E-state index in [1.54, 1.807) is 31.4 Å². The second-order valence-electron chi connectivity index (χ2n) is 5.63. The highest BCUT2D eigenvalue weighted by Gasteiger charge is 2.10. The van der Waals surface area contributed by atoms with Crippen LogP contribution in [0.1, 0.15) is 21.5 Å². The van der Waals surface area contributed by atoms with Crippen LogP contribution in [-0.2, 0) is 16.1 Å². The van der Waals surface area contributed by atoms with E-state index in [9.17, 15) is 9.59 Å². The van der Waals surface area contributed by atoms with E-state index in [2.05, 4.69) is 5.32 Å². The van der Waals surface area contributed by atoms with Crippen molar-refractivity contribution >= 4 is 17.6 Å². The number of benzene rings is 2. The topological polar surface area (TPSA) is 94.1 Å². The normalized spacial score (nSPS) is 10.3. The van der Waals surface area contributed by atoms with Crippen LogP contribution in [0.15, 0.2) is 36.4 Å². The SMILES string of the molecule is COCc1cc(NC(=O)COc2ccc(OC)c(C)c2)cc(C(=O)O)c1. The number of carboxylic acid groups (broad SMARTS) is 1. The summed E-state index contributed by atoms with van der Waals surface area (Å²) >= 11 is 0. The Labute approximate surface area is 151 Å². The number of amides is 1. The molecule has 7 nitrogen and oxygen atoms in total. The van der Waals surface area contributed by atoms with Crippen molar-refractivity contribution in [1.29, 1.82) is 0 Å². The Bertz CT molecular complexity index is 803. The van der Waals surface area contributed by atoms with E-state index in [1.807, 2.05) is 6.92 Å². The molecule has 2 aromatic rings. The average molecular weight is 359 g/mol. The fourth-order valence-corrected chi connectivity index (χ4v) is 2.42. The first-order valence-electron chi connectivity index (χ1n) is 7.86. The van der Waals surface area contributed by atoms with Crippen LogP contribution in [0.2, 0.25) is 0 Å². The Morgan fingerprint density at radius 3 is 2.50 bits per heavy atom. The lowest BCUT2D eigenvalue weighted by molar-refractivity contribution is -0.118. The highest BCUT2D eigenvalue weighted by Crippen LogP contribution is 2.23. The van der Waals surface area contributed by atoms with Crippen LogP contribution in [0.4, 0.5) is 5.69 Å². The fourth-order valence-electron chi connectivity index (χ4n) is 2.42. The molecule has 0 radical (unpaired) electrons. The van der Waals surface area contributed by atoms with Gasteiger partial charge in [0.15, 0.2) is 6.61 Å². The number of hydrogen-bond donors (Lipinski definition) is 2. The molecule has 0 unspecified atom stereocenters. The summed E-state index contributed by atoms with van der Waals surface area (Å²) < 4.78 is 15.7. The standard InChI is InChI=1S/C19H21NO6/c1-12-6-16(4-5-17(12)25-3)26-11-18(21)20-15-8-13(10-24-2)7-14(9-15)19(22)23/h4-9H,10-11H2,1-3H3,(H,20,21)(H,22,23). The first-order chi connectivity index (χ1) is 12.4. The molecule has 138 valence electrons. The second-order valence-corrected chi connectivity index (χ2v) is 5.63. The number of carbonyl (C=O) groups is 2. The van der Waals surface area contributed by atoms with E-state index in [1.165, 1.54) is 19.2 Å². The smallest absolute Gasteiger partial charge is 0.335 e. The van der Waals surface area contributed by atoms with E-state index in [0.717, 1.165) is 11.3 Å². The molecule has 0 bridgehead atoms. The van der Waals surface area contributed by atoms with Crippen molar-refractivity contribution in [2.75, 3.05) is 26.1 Å². The lowest BCUT2D eigenvalue weighted by Gasteiger charge is -2.11. The van der Waals surface area contributed by atoms with Crippen molar-refractivity contribution in [3.63, 3.8) is 0 Å². The van der Waals surface area contributed by atoms with Gasteiger partial charge in [0.2, 0.25) is 0 Å². The largest absolute Gasteiger partial charge is 0.496 e. The van der Waals surface area contributed by atoms with E-state index in [4.69, 9.17) is 19.3 Å². The lowest BCUT2D eigenvalue weighted by atomic mass is 10.1. The monoisotopic (exact) mass is 359 g/mol. The second kappa shape index (κ2) is 8.87. The van der Waals surface area contributed by atoms with Crippen molar-refractivity contribution in [2.45, 2.75) is 13.5 Å². The number of carbonyl (C=O) groups excluding carboxylic acids is 1. The zero-order valence-electron chi connectivity index (χ0n) is 14.9. The molecule has 0 aliphatic rings. The number of hydrogen-bond acceptors (Lipinski definition) is 5. The van der Waals surface area contributed by atoms with Gasteiger partial charge in [-0.2, -0.15) is 0 Å². The van der Waals surface area contributed by atoms with E-state index >= 15 is 0 Å². The van der Waals surface area contributed by atoms with Gasteiger partial charge in [0, 0.05) is 12.8 Å². The molecule has 0 saturated heterocycles. The number of carboxylic acids is 1. The van der Waals surface area contributed by atoms with E-state index in [-0.39, 0.29) is 18.8 Å². The molecule has 7 heteroatoms. The van der Waals surface area contributed by atoms with Gasteiger partial charge in [0.25, 0.3) is 5.91 Å². The van der Waals surface area contributed by atoms with Gasteiger partial charge in [-0.15, -0.1) is 0 Å². The molecule has 0 heterocycles. The Kier molecular flexibility index (Phi) is 6.57. The number of aromatic carboxylic acids is 1. The van der Waals surface area contributed by atoms with Crippen molar-refractivity contribution in [3.05, 3.63) is 53.1 Å². The van der Waals surface area contributed by atoms with Crippen LogP contribution in [0, 0.1) is 6.92 Å². The van der Waals surface area contributed by atoms with Gasteiger partial charge in [-0.1, -0.05) is 0 Å². The molecule has 0 spiro atoms. The summed E-state index contributed by atoms with van der Waals surface area (Å²) in [7, 11) is 3.09. The molecule has 0 aliphatic heterocycles. The minimum atomic E-state index is -1.08. The molecule has 0 aromatic heterocycles. The van der Waals surface area contributed by atoms with Crippen LogP contribution in [0.5, 0.6) is 11.5 Å². The van der Waals surface area contributed by atoms with Crippen molar-refractivity contribution in [3.8, 4) is 11.5 Å². The molecule has 0 fully saturated rings. The fraction of sp³-hybridized carbons (Fsp3) is 0.263. The van der Waals surface area contributed by atoms with Crippen LogP contribution < -0.4 is 14.8 Å². The molecule has 1 amide bonds. The first-order valence-corrected chi connectivity index (χ1v) is 7.86. The van der Waals surface area contributed by atoms with Gasteiger partial charge in [-0.25, -0.2) is 4.79 Å². The highest BCUT2D eigenvalue weighted by atomic mass is 16.5. The number of aryl methyl sites for hydroxylation is 1. The minimum Gasteiger partial charge on any atom is -0.496 e. The van der Waals surface area contributed by atoms with E-state index in [0.29, 0.717) is 17.0 Å². The summed E-state index contributed by atoms with van der Waals surface area (Å²) in [5.74, 6) is -0.205. The molecule has 0 aliphatic carbocycles. The summed E-state index contributed by atoms with van der Waals surface area (Å²) in [6, 6.07) is 9.78. The maximum atomic E-state index is 12.1. The lowest BCUT2D eigenvalue weighted by Crippen LogP contribution is -2.20. The molecule has 0 saturated carbocycles. The Hall–Kier alpha value is -3.06. The molecule has 0 atom stereocenters. The zero-order chi connectivity index (χ0) is 19.1. The molecule has 26 heavy (non-hydrogen) atoms. The Morgan fingerprint density at radius 1 is 1.12 bits per heavy atom. The predicted molar refractivity (Wildman–Crippen MR) is 96.0 cm³/mol. The van der Waals surface area contributed by atoms with Crippen LogP contribution in [-0.4, -0.2) is 37.8 Å². The van der Waals surface area contributed by atoms with E-state index < -0.39 is 11.9 Å². The maximum absolute atomic E-state index is 12.1. The summed E-state index contributed by atoms with van der Waals surface area (Å²) in [6.07, 6.45) is 0. The minimum absolute atomic E-state index is 0.0709. The van der Waals surface area contributed by atoms with Gasteiger partial charge >= 0.3 is 5.97 Å². The van der Waals surface area contributed by atoms with Crippen LogP contribution in [0.3, 0.4) is 0 Å². The predicted octanol–water partition coefficient (Wildman–Crippen LogP) is 2.87. The first kappa shape index (κ1) is 19.3. The van der Waals surface area contributed by atoms with Crippen molar-refractivity contribution < 1.29 is 28.9 Å². The highest BCUT2D eigenvalue weighted by molar-refractivity contribution is 5.94. The third-order valence-electron chi connectivity index (χ3n) is 3.57. The summed E-state index contributed by atoms with van der Waals surface area (Å²) in [4.78, 5) is 23.3. The van der Waals surface area contributed by atoms with Gasteiger partial charge in [-0.05, 0) is 54.4 Å². The number of ether oxygens (including phenoxy) is 3. The summed E-state index contributed by atoms with van der Waals surface area (Å²) in [5.41, 5.74) is 1.98. The molecular formula is C19H21NO6. The zero-order valence-corrected chi connectivity index (χ0v) is 14.9. The number of nitrogens with one attached hydrogen (secondary N) is 1. The van der Waals surface area contributed by atoms with Gasteiger partial charge in [0.05, 0.1) is 19.3 Å². The Balaban J connectivity index is 2.03. The molecule has 2 N–H and O–H groups in total. The van der Waals surface area contributed by atoms with Gasteiger partial charge in [-0.3, -0.25) is 4.79 Å². The van der Waals surface area contributed by atoms with Crippen molar-refractivity contribution in [2.24, 2.45) is 0 Å². The third-order valence-corrected chi connectivity index (χ3v) is 3.57. The van der Waals surface area contributed by atoms with Gasteiger partial charge in [0.1, 0.15) is 11.5 Å². The quantitative estimate of drug-likeness (QED) is 0.753. The number of methoxy groups -OCH3 is 2. The number of anilines is 1. The third kappa shape index (κ3) is 5.22. The number of rotatable bonds is 8. The average Bonchev–Trinajstić information content (AvgIpc) is 2.60. The van der Waals surface area contributed by atoms with Gasteiger partial charge < -0.3 is 24.6 Å².